The van der Waals surface area contributed by atoms with E-state index in [1.54, 1.807) is 55.5 Å². The summed E-state index contributed by atoms with van der Waals surface area (Å²) in [4.78, 5) is 23.6. The molecule has 0 fully saturated rings. The number of nitrogens with one attached hydrogen (secondary N) is 1. The van der Waals surface area contributed by atoms with Gasteiger partial charge in [-0.05, 0) is 49.7 Å². The lowest BCUT2D eigenvalue weighted by Crippen LogP contribution is -2.27. The van der Waals surface area contributed by atoms with Crippen LogP contribution in [0.3, 0.4) is 0 Å². The summed E-state index contributed by atoms with van der Waals surface area (Å²) in [6, 6.07) is 15.4. The number of hydrogen-bond donors (Lipinski definition) is 1. The van der Waals surface area contributed by atoms with E-state index < -0.39 is 20.9 Å². The number of methoxy groups -OCH3 is 1. The van der Waals surface area contributed by atoms with E-state index in [4.69, 9.17) is 4.74 Å². The predicted molar refractivity (Wildman–Crippen MR) is 129 cm³/mol. The molecule has 3 aromatic rings. The van der Waals surface area contributed by atoms with E-state index in [0.717, 1.165) is 5.56 Å². The van der Waals surface area contributed by atoms with Crippen LogP contribution in [0.15, 0.2) is 65.6 Å². The molecule has 1 N–H and O–H groups in total. The number of anilines is 1. The third-order valence-corrected chi connectivity index (χ3v) is 7.16. The molecular formula is C24H25N3O6S. The number of carbonyl (C=O) groups is 1. The van der Waals surface area contributed by atoms with Crippen molar-refractivity contribution in [3.05, 3.63) is 93.0 Å². The highest BCUT2D eigenvalue weighted by molar-refractivity contribution is 7.89. The van der Waals surface area contributed by atoms with E-state index in [2.05, 4.69) is 5.32 Å². The number of rotatable bonds is 8. The fraction of sp³-hybridized carbons (Fsp3) is 0.208. The molecule has 0 aliphatic heterocycles. The first-order chi connectivity index (χ1) is 16.0. The van der Waals surface area contributed by atoms with Crippen LogP contribution in [-0.2, 0) is 16.6 Å². The van der Waals surface area contributed by atoms with Crippen molar-refractivity contribution in [2.45, 2.75) is 25.3 Å². The zero-order chi connectivity index (χ0) is 25.0. The van der Waals surface area contributed by atoms with Gasteiger partial charge in [0.1, 0.15) is 5.75 Å². The Kier molecular flexibility index (Phi) is 7.33. The zero-order valence-corrected chi connectivity index (χ0v) is 20.0. The molecule has 0 spiro atoms. The fourth-order valence-electron chi connectivity index (χ4n) is 3.31. The van der Waals surface area contributed by atoms with Crippen LogP contribution in [0.4, 0.5) is 11.4 Å². The van der Waals surface area contributed by atoms with Crippen molar-refractivity contribution < 1.29 is 22.9 Å². The largest absolute Gasteiger partial charge is 0.496 e. The van der Waals surface area contributed by atoms with Gasteiger partial charge in [0.2, 0.25) is 10.0 Å². The number of benzene rings is 3. The summed E-state index contributed by atoms with van der Waals surface area (Å²) < 4.78 is 32.5. The standard InChI is InChI=1S/C24H25N3O6S/c1-16-5-10-21(11-6-16)34(31,32)26(3)15-19-13-18(8-12-23(19)33-4)24(28)25-22-14-20(27(29)30)9-7-17(22)2/h5-14H,15H2,1-4H3,(H,25,28). The first-order valence-electron chi connectivity index (χ1n) is 10.3. The van der Waals surface area contributed by atoms with Crippen molar-refractivity contribution in [1.82, 2.24) is 4.31 Å². The second-order valence-electron chi connectivity index (χ2n) is 7.81. The van der Waals surface area contributed by atoms with Crippen LogP contribution < -0.4 is 10.1 Å². The molecule has 0 saturated heterocycles. The third-order valence-electron chi connectivity index (χ3n) is 5.34. The van der Waals surface area contributed by atoms with Crippen molar-refractivity contribution in [3.63, 3.8) is 0 Å². The SMILES string of the molecule is COc1ccc(C(=O)Nc2cc([N+](=O)[O-])ccc2C)cc1CN(C)S(=O)(=O)c1ccc(C)cc1. The Morgan fingerprint density at radius 1 is 1.06 bits per heavy atom. The van der Waals surface area contributed by atoms with E-state index in [-0.39, 0.29) is 22.7 Å². The maximum atomic E-state index is 13.0. The summed E-state index contributed by atoms with van der Waals surface area (Å²) in [6.45, 7) is 3.57. The van der Waals surface area contributed by atoms with Crippen LogP contribution in [0, 0.1) is 24.0 Å². The number of ether oxygens (including phenoxy) is 1. The summed E-state index contributed by atoms with van der Waals surface area (Å²) >= 11 is 0. The molecule has 0 unspecified atom stereocenters. The lowest BCUT2D eigenvalue weighted by Gasteiger charge is -2.19. The predicted octanol–water partition coefficient (Wildman–Crippen LogP) is 4.29. The normalized spacial score (nSPS) is 11.3. The number of nitrogens with zero attached hydrogens (tertiary/aromatic N) is 2. The average molecular weight is 484 g/mol. The second-order valence-corrected chi connectivity index (χ2v) is 9.86. The summed E-state index contributed by atoms with van der Waals surface area (Å²) in [5, 5.41) is 13.7. The maximum absolute atomic E-state index is 13.0. The minimum absolute atomic E-state index is 0.0314. The van der Waals surface area contributed by atoms with Crippen molar-refractivity contribution in [3.8, 4) is 5.75 Å². The van der Waals surface area contributed by atoms with Gasteiger partial charge in [-0.1, -0.05) is 23.8 Å². The van der Waals surface area contributed by atoms with Crippen LogP contribution in [0.1, 0.15) is 27.0 Å². The number of non-ortho nitro benzene ring substituents is 1. The summed E-state index contributed by atoms with van der Waals surface area (Å²) in [5.74, 6) is -0.0643. The van der Waals surface area contributed by atoms with Gasteiger partial charge in [-0.15, -0.1) is 0 Å². The molecule has 3 rings (SSSR count). The van der Waals surface area contributed by atoms with Crippen LogP contribution in [0.5, 0.6) is 5.75 Å². The van der Waals surface area contributed by atoms with E-state index in [1.807, 2.05) is 6.92 Å². The number of amides is 1. The lowest BCUT2D eigenvalue weighted by molar-refractivity contribution is -0.384. The molecule has 10 heteroatoms. The highest BCUT2D eigenvalue weighted by atomic mass is 32.2. The number of nitro benzene ring substituents is 1. The highest BCUT2D eigenvalue weighted by Gasteiger charge is 2.23. The smallest absolute Gasteiger partial charge is 0.271 e. The molecule has 0 atom stereocenters. The van der Waals surface area contributed by atoms with Crippen LogP contribution in [0.25, 0.3) is 0 Å². The number of hydrogen-bond acceptors (Lipinski definition) is 6. The topological polar surface area (TPSA) is 119 Å². The molecule has 0 heterocycles. The van der Waals surface area contributed by atoms with Gasteiger partial charge in [0.15, 0.2) is 0 Å². The Balaban J connectivity index is 1.87. The molecule has 0 bridgehead atoms. The van der Waals surface area contributed by atoms with Gasteiger partial charge in [-0.2, -0.15) is 4.31 Å². The minimum Gasteiger partial charge on any atom is -0.496 e. The first kappa shape index (κ1) is 24.9. The van der Waals surface area contributed by atoms with Gasteiger partial charge in [0.05, 0.1) is 22.6 Å². The molecule has 0 saturated carbocycles. The van der Waals surface area contributed by atoms with Crippen LogP contribution in [-0.4, -0.2) is 37.7 Å². The van der Waals surface area contributed by atoms with E-state index in [1.165, 1.54) is 30.6 Å². The number of aryl methyl sites for hydroxylation is 2. The molecule has 0 radical (unpaired) electrons. The fourth-order valence-corrected chi connectivity index (χ4v) is 4.46. The van der Waals surface area contributed by atoms with Crippen molar-refractivity contribution in [2.24, 2.45) is 0 Å². The van der Waals surface area contributed by atoms with Crippen molar-refractivity contribution in [2.75, 3.05) is 19.5 Å². The Bertz CT molecular complexity index is 1340. The minimum atomic E-state index is -3.77. The van der Waals surface area contributed by atoms with Crippen molar-refractivity contribution in [1.29, 1.82) is 0 Å². The van der Waals surface area contributed by atoms with Gasteiger partial charge in [-0.3, -0.25) is 14.9 Å². The highest BCUT2D eigenvalue weighted by Crippen LogP contribution is 2.26. The summed E-state index contributed by atoms with van der Waals surface area (Å²) in [7, 11) is -0.856. The number of carbonyl (C=O) groups excluding carboxylic acids is 1. The Labute approximate surface area is 198 Å². The third kappa shape index (κ3) is 5.41. The van der Waals surface area contributed by atoms with E-state index >= 15 is 0 Å². The van der Waals surface area contributed by atoms with E-state index in [9.17, 15) is 23.3 Å². The maximum Gasteiger partial charge on any atom is 0.271 e. The molecule has 178 valence electrons. The van der Waals surface area contributed by atoms with E-state index in [0.29, 0.717) is 22.6 Å². The molecule has 9 nitrogen and oxygen atoms in total. The molecule has 0 aromatic heterocycles. The quantitative estimate of drug-likeness (QED) is 0.377. The number of nitro groups is 1. The Morgan fingerprint density at radius 3 is 2.35 bits per heavy atom. The molecule has 34 heavy (non-hydrogen) atoms. The summed E-state index contributed by atoms with van der Waals surface area (Å²) in [6.07, 6.45) is 0. The Morgan fingerprint density at radius 2 is 1.74 bits per heavy atom. The molecular weight excluding hydrogens is 458 g/mol. The molecule has 0 aliphatic rings. The molecule has 0 aliphatic carbocycles. The second kappa shape index (κ2) is 10.0. The van der Waals surface area contributed by atoms with Crippen LogP contribution in [0.2, 0.25) is 0 Å². The zero-order valence-electron chi connectivity index (χ0n) is 19.2. The Hall–Kier alpha value is -3.76. The van der Waals surface area contributed by atoms with Gasteiger partial charge in [-0.25, -0.2) is 8.42 Å². The molecule has 3 aromatic carbocycles. The van der Waals surface area contributed by atoms with Crippen LogP contribution >= 0.6 is 0 Å². The monoisotopic (exact) mass is 483 g/mol. The summed E-state index contributed by atoms with van der Waals surface area (Å²) in [5.41, 5.74) is 2.53. The number of sulfonamides is 1. The van der Waals surface area contributed by atoms with Gasteiger partial charge < -0.3 is 10.1 Å². The lowest BCUT2D eigenvalue weighted by atomic mass is 10.1. The van der Waals surface area contributed by atoms with Gasteiger partial charge in [0, 0.05) is 36.9 Å². The molecule has 1 amide bonds. The van der Waals surface area contributed by atoms with Gasteiger partial charge >= 0.3 is 0 Å². The first-order valence-corrected chi connectivity index (χ1v) is 11.7. The van der Waals surface area contributed by atoms with Gasteiger partial charge in [0.25, 0.3) is 11.6 Å². The average Bonchev–Trinajstić information content (AvgIpc) is 2.80. The van der Waals surface area contributed by atoms with Crippen molar-refractivity contribution >= 4 is 27.3 Å².